The fraction of sp³-hybridized carbons (Fsp3) is 0.667. The number of hydrogen-bond acceptors (Lipinski definition) is 3. The van der Waals surface area contributed by atoms with Gasteiger partial charge < -0.3 is 14.8 Å². The topological polar surface area (TPSA) is 30.5 Å². The minimum absolute atomic E-state index is 0.259. The Labute approximate surface area is 129 Å². The van der Waals surface area contributed by atoms with Crippen LogP contribution in [0.25, 0.3) is 0 Å². The van der Waals surface area contributed by atoms with Crippen molar-refractivity contribution < 1.29 is 9.47 Å². The maximum Gasteiger partial charge on any atom is 0.123 e. The summed E-state index contributed by atoms with van der Waals surface area (Å²) in [6, 6.07) is 8.61. The summed E-state index contributed by atoms with van der Waals surface area (Å²) < 4.78 is 11.6. The molecular formula is C18H29NO2. The van der Waals surface area contributed by atoms with E-state index in [1.165, 1.54) is 5.56 Å². The van der Waals surface area contributed by atoms with Gasteiger partial charge in [-0.1, -0.05) is 32.0 Å². The molecule has 0 aliphatic carbocycles. The first-order chi connectivity index (χ1) is 10.1. The van der Waals surface area contributed by atoms with Crippen LogP contribution in [0, 0.1) is 11.8 Å². The minimum atomic E-state index is 0.259. The normalized spacial score (nSPS) is 30.3. The lowest BCUT2D eigenvalue weighted by atomic mass is 9.80. The van der Waals surface area contributed by atoms with Crippen LogP contribution in [0.15, 0.2) is 24.3 Å². The van der Waals surface area contributed by atoms with Gasteiger partial charge in [-0.3, -0.25) is 0 Å². The van der Waals surface area contributed by atoms with Gasteiger partial charge >= 0.3 is 0 Å². The molecule has 1 heterocycles. The first-order valence-electron chi connectivity index (χ1n) is 8.11. The van der Waals surface area contributed by atoms with Crippen molar-refractivity contribution in [2.45, 2.75) is 52.4 Å². The fourth-order valence-electron chi connectivity index (χ4n) is 3.54. The first-order valence-corrected chi connectivity index (χ1v) is 8.11. The molecule has 1 aromatic rings. The summed E-state index contributed by atoms with van der Waals surface area (Å²) in [5.41, 5.74) is 1.25. The van der Waals surface area contributed by atoms with Gasteiger partial charge in [-0.25, -0.2) is 0 Å². The molecule has 0 radical (unpaired) electrons. The van der Waals surface area contributed by atoms with Crippen molar-refractivity contribution in [3.05, 3.63) is 29.8 Å². The van der Waals surface area contributed by atoms with E-state index in [-0.39, 0.29) is 12.1 Å². The molecule has 21 heavy (non-hydrogen) atoms. The van der Waals surface area contributed by atoms with E-state index in [0.29, 0.717) is 17.9 Å². The SMILES string of the molecule is CCCNC(c1ccccc1OC)C1C(C)OC(C)C1C. The summed E-state index contributed by atoms with van der Waals surface area (Å²) in [5, 5.41) is 3.72. The van der Waals surface area contributed by atoms with Crippen molar-refractivity contribution >= 4 is 0 Å². The molecule has 118 valence electrons. The highest BCUT2D eigenvalue weighted by atomic mass is 16.5. The Bertz CT molecular complexity index is 449. The van der Waals surface area contributed by atoms with Crippen molar-refractivity contribution in [2.75, 3.05) is 13.7 Å². The van der Waals surface area contributed by atoms with E-state index in [1.54, 1.807) is 7.11 Å². The van der Waals surface area contributed by atoms with Gasteiger partial charge in [0.15, 0.2) is 0 Å². The second-order valence-electron chi connectivity index (χ2n) is 6.16. The van der Waals surface area contributed by atoms with Crippen LogP contribution in [0.3, 0.4) is 0 Å². The lowest BCUT2D eigenvalue weighted by molar-refractivity contribution is 0.0474. The molecular weight excluding hydrogens is 262 g/mol. The van der Waals surface area contributed by atoms with Gasteiger partial charge in [0.2, 0.25) is 0 Å². The first kappa shape index (κ1) is 16.3. The molecule has 3 nitrogen and oxygen atoms in total. The third kappa shape index (κ3) is 3.41. The molecule has 0 saturated carbocycles. The smallest absolute Gasteiger partial charge is 0.123 e. The Kier molecular flexibility index (Phi) is 5.65. The summed E-state index contributed by atoms with van der Waals surface area (Å²) in [6.45, 7) is 9.88. The Balaban J connectivity index is 2.34. The van der Waals surface area contributed by atoms with Crippen LogP contribution >= 0.6 is 0 Å². The Morgan fingerprint density at radius 1 is 1.19 bits per heavy atom. The minimum Gasteiger partial charge on any atom is -0.496 e. The molecule has 1 N–H and O–H groups in total. The molecule has 0 bridgehead atoms. The fourth-order valence-corrected chi connectivity index (χ4v) is 3.54. The van der Waals surface area contributed by atoms with Gasteiger partial charge in [0.25, 0.3) is 0 Å². The average Bonchev–Trinajstić information content (AvgIpc) is 2.74. The zero-order chi connectivity index (χ0) is 15.4. The molecule has 3 heteroatoms. The lowest BCUT2D eigenvalue weighted by Crippen LogP contribution is -2.35. The van der Waals surface area contributed by atoms with Crippen LogP contribution in [-0.4, -0.2) is 25.9 Å². The molecule has 5 atom stereocenters. The highest BCUT2D eigenvalue weighted by Gasteiger charge is 2.42. The Morgan fingerprint density at radius 2 is 1.90 bits per heavy atom. The quantitative estimate of drug-likeness (QED) is 0.865. The largest absolute Gasteiger partial charge is 0.496 e. The van der Waals surface area contributed by atoms with Gasteiger partial charge in [0.1, 0.15) is 5.75 Å². The van der Waals surface area contributed by atoms with Crippen molar-refractivity contribution in [1.82, 2.24) is 5.32 Å². The van der Waals surface area contributed by atoms with Crippen LogP contribution < -0.4 is 10.1 Å². The van der Waals surface area contributed by atoms with E-state index in [4.69, 9.17) is 9.47 Å². The van der Waals surface area contributed by atoms with E-state index in [1.807, 2.05) is 12.1 Å². The highest BCUT2D eigenvalue weighted by Crippen LogP contribution is 2.42. The number of benzene rings is 1. The zero-order valence-electron chi connectivity index (χ0n) is 13.9. The molecule has 1 aliphatic heterocycles. The second kappa shape index (κ2) is 7.28. The van der Waals surface area contributed by atoms with Crippen molar-refractivity contribution in [1.29, 1.82) is 0 Å². The zero-order valence-corrected chi connectivity index (χ0v) is 13.9. The molecule has 2 rings (SSSR count). The van der Waals surface area contributed by atoms with E-state index >= 15 is 0 Å². The van der Waals surface area contributed by atoms with E-state index < -0.39 is 0 Å². The number of nitrogens with one attached hydrogen (secondary N) is 1. The van der Waals surface area contributed by atoms with Crippen LogP contribution in [0.2, 0.25) is 0 Å². The summed E-state index contributed by atoms with van der Waals surface area (Å²) in [4.78, 5) is 0. The number of ether oxygens (including phenoxy) is 2. The highest BCUT2D eigenvalue weighted by molar-refractivity contribution is 5.36. The second-order valence-corrected chi connectivity index (χ2v) is 6.16. The molecule has 0 aromatic heterocycles. The Morgan fingerprint density at radius 3 is 2.48 bits per heavy atom. The molecule has 0 amide bonds. The van der Waals surface area contributed by atoms with Gasteiger partial charge in [-0.15, -0.1) is 0 Å². The van der Waals surface area contributed by atoms with E-state index in [9.17, 15) is 0 Å². The predicted molar refractivity (Wildman–Crippen MR) is 86.7 cm³/mol. The third-order valence-corrected chi connectivity index (χ3v) is 4.79. The summed E-state index contributed by atoms with van der Waals surface area (Å²) in [6.07, 6.45) is 1.69. The van der Waals surface area contributed by atoms with Crippen molar-refractivity contribution in [3.8, 4) is 5.75 Å². The number of rotatable bonds is 6. The van der Waals surface area contributed by atoms with Crippen LogP contribution in [0.5, 0.6) is 5.75 Å². The van der Waals surface area contributed by atoms with Crippen LogP contribution in [-0.2, 0) is 4.74 Å². The van der Waals surface area contributed by atoms with Crippen LogP contribution in [0.1, 0.15) is 45.7 Å². The standard InChI is InChI=1S/C18H29NO2/c1-6-11-19-18(15-9-7-8-10-16(15)20-5)17-12(2)13(3)21-14(17)4/h7-10,12-14,17-19H,6,11H2,1-5H3. The van der Waals surface area contributed by atoms with E-state index in [0.717, 1.165) is 18.7 Å². The molecule has 1 saturated heterocycles. The molecule has 5 unspecified atom stereocenters. The Hall–Kier alpha value is -1.06. The maximum absolute atomic E-state index is 6.06. The maximum atomic E-state index is 6.06. The summed E-state index contributed by atoms with van der Waals surface area (Å²) in [5.74, 6) is 1.95. The van der Waals surface area contributed by atoms with Gasteiger partial charge in [-0.2, -0.15) is 0 Å². The monoisotopic (exact) mass is 291 g/mol. The average molecular weight is 291 g/mol. The van der Waals surface area contributed by atoms with Crippen molar-refractivity contribution in [3.63, 3.8) is 0 Å². The molecule has 1 aliphatic rings. The predicted octanol–water partition coefficient (Wildman–Crippen LogP) is 3.80. The lowest BCUT2D eigenvalue weighted by Gasteiger charge is -2.31. The summed E-state index contributed by atoms with van der Waals surface area (Å²) in [7, 11) is 1.75. The summed E-state index contributed by atoms with van der Waals surface area (Å²) >= 11 is 0. The van der Waals surface area contributed by atoms with Crippen LogP contribution in [0.4, 0.5) is 0 Å². The molecule has 1 aromatic carbocycles. The molecule has 0 spiro atoms. The number of hydrogen-bond donors (Lipinski definition) is 1. The number of methoxy groups -OCH3 is 1. The third-order valence-electron chi connectivity index (χ3n) is 4.79. The molecule has 1 fully saturated rings. The van der Waals surface area contributed by atoms with E-state index in [2.05, 4.69) is 45.1 Å². The number of para-hydroxylation sites is 1. The van der Waals surface area contributed by atoms with Gasteiger partial charge in [-0.05, 0) is 38.8 Å². The van der Waals surface area contributed by atoms with Gasteiger partial charge in [0, 0.05) is 17.5 Å². The van der Waals surface area contributed by atoms with Crippen molar-refractivity contribution in [2.24, 2.45) is 11.8 Å². The van der Waals surface area contributed by atoms with Gasteiger partial charge in [0.05, 0.1) is 19.3 Å².